The number of rotatable bonds is 5. The van der Waals surface area contributed by atoms with Gasteiger partial charge in [-0.25, -0.2) is 0 Å². The molecule has 0 unspecified atom stereocenters. The Morgan fingerprint density at radius 3 is 2.56 bits per heavy atom. The summed E-state index contributed by atoms with van der Waals surface area (Å²) in [6.45, 7) is 5.22. The van der Waals surface area contributed by atoms with Crippen LogP contribution in [0.4, 0.5) is 0 Å². The van der Waals surface area contributed by atoms with Gasteiger partial charge >= 0.3 is 0 Å². The van der Waals surface area contributed by atoms with E-state index < -0.39 is 0 Å². The van der Waals surface area contributed by atoms with Crippen LogP contribution in [0, 0.1) is 0 Å². The molecule has 0 heterocycles. The van der Waals surface area contributed by atoms with E-state index in [4.69, 9.17) is 5.73 Å². The van der Waals surface area contributed by atoms with Crippen molar-refractivity contribution in [1.82, 2.24) is 0 Å². The Hall–Kier alpha value is -0.470. The number of benzene rings is 1. The van der Waals surface area contributed by atoms with Gasteiger partial charge in [-0.1, -0.05) is 38.1 Å². The molecule has 1 nitrogen and oxygen atoms in total. The van der Waals surface area contributed by atoms with Gasteiger partial charge in [-0.2, -0.15) is 11.8 Å². The average Bonchev–Trinajstić information content (AvgIpc) is 3.07. The van der Waals surface area contributed by atoms with E-state index in [1.165, 1.54) is 29.7 Å². The van der Waals surface area contributed by atoms with Crippen LogP contribution >= 0.6 is 11.8 Å². The molecule has 0 saturated heterocycles. The van der Waals surface area contributed by atoms with Crippen molar-refractivity contribution in [2.45, 2.75) is 43.9 Å². The predicted octanol–water partition coefficient (Wildman–Crippen LogP) is 3.32. The first kappa shape index (κ1) is 12.0. The SMILES string of the molecule is CC(C)SCC1(c2ccccc2CN)CC1. The average molecular weight is 235 g/mol. The standard InChI is InChI=1S/C14H21NS/c1-11(2)16-10-14(7-8-14)13-6-4-3-5-12(13)9-15/h3-6,11H,7-10,15H2,1-2H3. The summed E-state index contributed by atoms with van der Waals surface area (Å²) < 4.78 is 0. The smallest absolute Gasteiger partial charge is 0.0181 e. The Bertz CT molecular complexity index is 356. The quantitative estimate of drug-likeness (QED) is 0.847. The van der Waals surface area contributed by atoms with Gasteiger partial charge in [0.2, 0.25) is 0 Å². The summed E-state index contributed by atoms with van der Waals surface area (Å²) >= 11 is 2.07. The van der Waals surface area contributed by atoms with E-state index in [9.17, 15) is 0 Å². The lowest BCUT2D eigenvalue weighted by atomic mass is 9.93. The number of thioether (sulfide) groups is 1. The summed E-state index contributed by atoms with van der Waals surface area (Å²) in [5.74, 6) is 1.25. The molecule has 1 aliphatic rings. The molecule has 16 heavy (non-hydrogen) atoms. The maximum absolute atomic E-state index is 5.82. The third kappa shape index (κ3) is 2.44. The first-order chi connectivity index (χ1) is 7.68. The van der Waals surface area contributed by atoms with Crippen LogP contribution in [0.25, 0.3) is 0 Å². The van der Waals surface area contributed by atoms with Crippen molar-refractivity contribution in [2.75, 3.05) is 5.75 Å². The highest BCUT2D eigenvalue weighted by atomic mass is 32.2. The molecule has 0 spiro atoms. The zero-order chi connectivity index (χ0) is 11.6. The second kappa shape index (κ2) is 4.80. The predicted molar refractivity (Wildman–Crippen MR) is 72.8 cm³/mol. The Kier molecular flexibility index (Phi) is 3.60. The highest BCUT2D eigenvalue weighted by molar-refractivity contribution is 7.99. The first-order valence-corrected chi connectivity index (χ1v) is 7.13. The maximum atomic E-state index is 5.82. The van der Waals surface area contributed by atoms with Crippen LogP contribution in [-0.2, 0) is 12.0 Å². The van der Waals surface area contributed by atoms with E-state index in [-0.39, 0.29) is 0 Å². The Morgan fingerprint density at radius 1 is 1.31 bits per heavy atom. The topological polar surface area (TPSA) is 26.0 Å². The van der Waals surface area contributed by atoms with E-state index in [1.54, 1.807) is 0 Å². The van der Waals surface area contributed by atoms with Crippen molar-refractivity contribution in [1.29, 1.82) is 0 Å². The van der Waals surface area contributed by atoms with Gasteiger partial charge in [0, 0.05) is 17.7 Å². The van der Waals surface area contributed by atoms with Crippen LogP contribution in [-0.4, -0.2) is 11.0 Å². The minimum absolute atomic E-state index is 0.449. The summed E-state index contributed by atoms with van der Waals surface area (Å²) in [6, 6.07) is 8.69. The molecule has 1 aliphatic carbocycles. The van der Waals surface area contributed by atoms with Gasteiger partial charge in [0.1, 0.15) is 0 Å². The van der Waals surface area contributed by atoms with Crippen molar-refractivity contribution >= 4 is 11.8 Å². The molecule has 88 valence electrons. The third-order valence-corrected chi connectivity index (χ3v) is 4.74. The van der Waals surface area contributed by atoms with Gasteiger partial charge in [0.25, 0.3) is 0 Å². The lowest BCUT2D eigenvalue weighted by Crippen LogP contribution is -2.15. The fraction of sp³-hybridized carbons (Fsp3) is 0.571. The van der Waals surface area contributed by atoms with Gasteiger partial charge in [0.15, 0.2) is 0 Å². The number of nitrogens with two attached hydrogens (primary N) is 1. The summed E-state index contributed by atoms with van der Waals surface area (Å²) in [4.78, 5) is 0. The van der Waals surface area contributed by atoms with Crippen LogP contribution in [0.15, 0.2) is 24.3 Å². The van der Waals surface area contributed by atoms with Crippen LogP contribution < -0.4 is 5.73 Å². The zero-order valence-electron chi connectivity index (χ0n) is 10.2. The largest absolute Gasteiger partial charge is 0.326 e. The highest BCUT2D eigenvalue weighted by Gasteiger charge is 2.44. The second-order valence-electron chi connectivity index (χ2n) is 5.00. The van der Waals surface area contributed by atoms with Gasteiger partial charge < -0.3 is 5.73 Å². The van der Waals surface area contributed by atoms with Crippen molar-refractivity contribution in [3.05, 3.63) is 35.4 Å². The van der Waals surface area contributed by atoms with Gasteiger partial charge in [-0.15, -0.1) is 0 Å². The van der Waals surface area contributed by atoms with E-state index in [0.717, 1.165) is 5.25 Å². The molecule has 1 aromatic rings. The van der Waals surface area contributed by atoms with Gasteiger partial charge in [0.05, 0.1) is 0 Å². The van der Waals surface area contributed by atoms with Crippen LogP contribution in [0.5, 0.6) is 0 Å². The van der Waals surface area contributed by atoms with E-state index in [1.807, 2.05) is 0 Å². The molecule has 0 amide bonds. The zero-order valence-corrected chi connectivity index (χ0v) is 11.0. The Labute approximate surface area is 103 Å². The molecule has 2 N–H and O–H groups in total. The molecule has 2 rings (SSSR count). The van der Waals surface area contributed by atoms with E-state index in [2.05, 4.69) is 49.9 Å². The summed E-state index contributed by atoms with van der Waals surface area (Å²) in [5.41, 5.74) is 9.12. The minimum atomic E-state index is 0.449. The van der Waals surface area contributed by atoms with Gasteiger partial charge in [-0.3, -0.25) is 0 Å². The molecular weight excluding hydrogens is 214 g/mol. The van der Waals surface area contributed by atoms with Crippen LogP contribution in [0.2, 0.25) is 0 Å². The highest BCUT2D eigenvalue weighted by Crippen LogP contribution is 2.51. The third-order valence-electron chi connectivity index (χ3n) is 3.36. The molecule has 2 heteroatoms. The monoisotopic (exact) mass is 235 g/mol. The Morgan fingerprint density at radius 2 is 2.00 bits per heavy atom. The fourth-order valence-corrected chi connectivity index (χ4v) is 3.28. The minimum Gasteiger partial charge on any atom is -0.326 e. The summed E-state index contributed by atoms with van der Waals surface area (Å²) in [6.07, 6.45) is 2.67. The fourth-order valence-electron chi connectivity index (χ4n) is 2.18. The lowest BCUT2D eigenvalue weighted by molar-refractivity contribution is 0.779. The molecule has 1 aromatic carbocycles. The number of hydrogen-bond donors (Lipinski definition) is 1. The van der Waals surface area contributed by atoms with Crippen molar-refractivity contribution in [2.24, 2.45) is 5.73 Å². The first-order valence-electron chi connectivity index (χ1n) is 6.08. The summed E-state index contributed by atoms with van der Waals surface area (Å²) in [7, 11) is 0. The number of hydrogen-bond acceptors (Lipinski definition) is 2. The van der Waals surface area contributed by atoms with Crippen LogP contribution in [0.1, 0.15) is 37.8 Å². The molecule has 0 aromatic heterocycles. The lowest BCUT2D eigenvalue weighted by Gasteiger charge is -2.19. The normalized spacial score (nSPS) is 17.8. The van der Waals surface area contributed by atoms with E-state index >= 15 is 0 Å². The molecule has 0 aliphatic heterocycles. The molecular formula is C14H21NS. The van der Waals surface area contributed by atoms with Crippen LogP contribution in [0.3, 0.4) is 0 Å². The van der Waals surface area contributed by atoms with Crippen molar-refractivity contribution in [3.63, 3.8) is 0 Å². The van der Waals surface area contributed by atoms with Crippen molar-refractivity contribution < 1.29 is 0 Å². The molecule has 0 radical (unpaired) electrons. The second-order valence-corrected chi connectivity index (χ2v) is 6.57. The van der Waals surface area contributed by atoms with Gasteiger partial charge in [-0.05, 0) is 29.2 Å². The molecule has 0 bridgehead atoms. The molecule has 1 fully saturated rings. The molecule has 0 atom stereocenters. The van der Waals surface area contributed by atoms with Crippen molar-refractivity contribution in [3.8, 4) is 0 Å². The molecule has 1 saturated carbocycles. The Balaban J connectivity index is 2.16. The van der Waals surface area contributed by atoms with E-state index in [0.29, 0.717) is 12.0 Å². The summed E-state index contributed by atoms with van der Waals surface area (Å²) in [5, 5.41) is 0.725. The maximum Gasteiger partial charge on any atom is 0.0181 e.